The minimum atomic E-state index is -0.0878. The van der Waals surface area contributed by atoms with E-state index in [-0.39, 0.29) is 6.03 Å². The quantitative estimate of drug-likeness (QED) is 0.771. The molecule has 110 valence electrons. The lowest BCUT2D eigenvalue weighted by molar-refractivity contribution is 0.218. The largest absolute Gasteiger partial charge is 0.338 e. The summed E-state index contributed by atoms with van der Waals surface area (Å²) in [6, 6.07) is 9.85. The molecule has 0 spiro atoms. The molecule has 1 saturated carbocycles. The van der Waals surface area contributed by atoms with Gasteiger partial charge in [0.1, 0.15) is 0 Å². The number of hydrogen-bond donors (Lipinski definition) is 3. The van der Waals surface area contributed by atoms with Crippen LogP contribution in [-0.4, -0.2) is 19.1 Å². The highest BCUT2D eigenvalue weighted by Crippen LogP contribution is 2.28. The second-order valence-electron chi connectivity index (χ2n) is 5.59. The van der Waals surface area contributed by atoms with Gasteiger partial charge in [-0.2, -0.15) is 0 Å². The van der Waals surface area contributed by atoms with Crippen LogP contribution in [0.3, 0.4) is 0 Å². The summed E-state index contributed by atoms with van der Waals surface area (Å²) < 4.78 is 0. The molecule has 1 aromatic rings. The van der Waals surface area contributed by atoms with Crippen molar-refractivity contribution < 1.29 is 4.79 Å². The van der Waals surface area contributed by atoms with E-state index in [1.807, 2.05) is 30.3 Å². The maximum atomic E-state index is 11.8. The number of urea groups is 1. The molecule has 2 amide bonds. The molecule has 1 aliphatic carbocycles. The Morgan fingerprint density at radius 2 is 1.80 bits per heavy atom. The molecule has 4 heteroatoms. The Kier molecular flexibility index (Phi) is 5.87. The summed E-state index contributed by atoms with van der Waals surface area (Å²) in [5.41, 5.74) is 6.92. The van der Waals surface area contributed by atoms with Crippen molar-refractivity contribution in [2.45, 2.75) is 32.2 Å². The van der Waals surface area contributed by atoms with Crippen LogP contribution in [0.1, 0.15) is 31.2 Å². The Morgan fingerprint density at radius 1 is 1.10 bits per heavy atom. The van der Waals surface area contributed by atoms with Crippen LogP contribution < -0.4 is 16.4 Å². The minimum Gasteiger partial charge on any atom is -0.338 e. The number of carbonyl (C=O) groups is 1. The molecule has 0 radical (unpaired) electrons. The summed E-state index contributed by atoms with van der Waals surface area (Å²) >= 11 is 0. The number of rotatable bonds is 5. The molecule has 4 nitrogen and oxygen atoms in total. The van der Waals surface area contributed by atoms with Crippen LogP contribution in [0.2, 0.25) is 0 Å². The molecular formula is C16H25N3O. The lowest BCUT2D eigenvalue weighted by Gasteiger charge is -2.30. The first kappa shape index (κ1) is 14.9. The third-order valence-electron chi connectivity index (χ3n) is 4.19. The normalized spacial score (nSPS) is 22.2. The van der Waals surface area contributed by atoms with Crippen LogP contribution in [0.5, 0.6) is 0 Å². The molecule has 0 bridgehead atoms. The van der Waals surface area contributed by atoms with Crippen molar-refractivity contribution in [2.24, 2.45) is 17.6 Å². The van der Waals surface area contributed by atoms with E-state index >= 15 is 0 Å². The third kappa shape index (κ3) is 4.53. The maximum absolute atomic E-state index is 11.8. The molecule has 0 aliphatic heterocycles. The highest BCUT2D eigenvalue weighted by molar-refractivity contribution is 5.73. The Morgan fingerprint density at radius 3 is 2.50 bits per heavy atom. The van der Waals surface area contributed by atoms with Gasteiger partial charge in [-0.15, -0.1) is 0 Å². The Balaban J connectivity index is 1.69. The van der Waals surface area contributed by atoms with Crippen molar-refractivity contribution in [1.29, 1.82) is 0 Å². The van der Waals surface area contributed by atoms with Crippen LogP contribution in [0, 0.1) is 11.8 Å². The number of nitrogens with one attached hydrogen (secondary N) is 2. The summed E-state index contributed by atoms with van der Waals surface area (Å²) in [4.78, 5) is 11.8. The fourth-order valence-electron chi connectivity index (χ4n) is 2.93. The Hall–Kier alpha value is -1.55. The molecule has 2 unspecified atom stereocenters. The zero-order valence-electron chi connectivity index (χ0n) is 12.0. The molecule has 0 saturated heterocycles. The fraction of sp³-hybridized carbons (Fsp3) is 0.562. The van der Waals surface area contributed by atoms with Crippen molar-refractivity contribution in [2.75, 3.05) is 13.1 Å². The monoisotopic (exact) mass is 275 g/mol. The molecule has 4 N–H and O–H groups in total. The van der Waals surface area contributed by atoms with E-state index in [0.717, 1.165) is 18.7 Å². The summed E-state index contributed by atoms with van der Waals surface area (Å²) in [5.74, 6) is 1.11. The molecular weight excluding hydrogens is 250 g/mol. The molecule has 1 aliphatic rings. The first-order valence-electron chi connectivity index (χ1n) is 7.55. The minimum absolute atomic E-state index is 0.0878. The van der Waals surface area contributed by atoms with E-state index in [0.29, 0.717) is 18.4 Å². The van der Waals surface area contributed by atoms with Crippen LogP contribution in [0.15, 0.2) is 30.3 Å². The van der Waals surface area contributed by atoms with Gasteiger partial charge in [0.2, 0.25) is 0 Å². The molecule has 2 rings (SSSR count). The lowest BCUT2D eigenvalue weighted by Crippen LogP contribution is -2.41. The number of nitrogens with two attached hydrogens (primary N) is 1. The maximum Gasteiger partial charge on any atom is 0.315 e. The number of hydrogen-bond acceptors (Lipinski definition) is 2. The van der Waals surface area contributed by atoms with Crippen LogP contribution >= 0.6 is 0 Å². The van der Waals surface area contributed by atoms with E-state index in [1.54, 1.807) is 0 Å². The number of benzene rings is 1. The molecule has 20 heavy (non-hydrogen) atoms. The van der Waals surface area contributed by atoms with Crippen molar-refractivity contribution in [3.8, 4) is 0 Å². The molecule has 2 atom stereocenters. The number of carbonyl (C=O) groups excluding carboxylic acids is 1. The van der Waals surface area contributed by atoms with E-state index in [2.05, 4.69) is 10.6 Å². The van der Waals surface area contributed by atoms with E-state index in [9.17, 15) is 4.79 Å². The first-order chi connectivity index (χ1) is 9.79. The molecule has 0 aromatic heterocycles. The van der Waals surface area contributed by atoms with Crippen LogP contribution in [-0.2, 0) is 6.54 Å². The van der Waals surface area contributed by atoms with Gasteiger partial charge in [0, 0.05) is 13.1 Å². The van der Waals surface area contributed by atoms with Gasteiger partial charge >= 0.3 is 6.03 Å². The van der Waals surface area contributed by atoms with Crippen LogP contribution in [0.25, 0.3) is 0 Å². The summed E-state index contributed by atoms with van der Waals surface area (Å²) in [6.07, 6.45) is 4.92. The van der Waals surface area contributed by atoms with Gasteiger partial charge in [0.15, 0.2) is 0 Å². The van der Waals surface area contributed by atoms with Crippen molar-refractivity contribution in [3.63, 3.8) is 0 Å². The number of amides is 2. The second kappa shape index (κ2) is 7.90. The third-order valence-corrected chi connectivity index (χ3v) is 4.19. The Labute approximate surface area is 121 Å². The topological polar surface area (TPSA) is 67.1 Å². The molecule has 0 heterocycles. The van der Waals surface area contributed by atoms with Crippen molar-refractivity contribution in [3.05, 3.63) is 35.9 Å². The highest BCUT2D eigenvalue weighted by atomic mass is 16.2. The molecule has 1 fully saturated rings. The van der Waals surface area contributed by atoms with Gasteiger partial charge in [0.25, 0.3) is 0 Å². The summed E-state index contributed by atoms with van der Waals surface area (Å²) in [6.45, 7) is 2.04. The van der Waals surface area contributed by atoms with E-state index < -0.39 is 0 Å². The smallest absolute Gasteiger partial charge is 0.315 e. The van der Waals surface area contributed by atoms with Gasteiger partial charge in [-0.3, -0.25) is 0 Å². The zero-order valence-corrected chi connectivity index (χ0v) is 12.0. The van der Waals surface area contributed by atoms with E-state index in [1.165, 1.54) is 25.7 Å². The summed E-state index contributed by atoms with van der Waals surface area (Å²) in [7, 11) is 0. The average molecular weight is 275 g/mol. The summed E-state index contributed by atoms with van der Waals surface area (Å²) in [5, 5.41) is 5.87. The first-order valence-corrected chi connectivity index (χ1v) is 7.55. The predicted molar refractivity (Wildman–Crippen MR) is 81.2 cm³/mol. The van der Waals surface area contributed by atoms with Gasteiger partial charge in [-0.05, 0) is 36.8 Å². The van der Waals surface area contributed by atoms with Crippen LogP contribution in [0.4, 0.5) is 4.79 Å². The standard InChI is InChI=1S/C16H25N3O/c17-10-14-8-4-5-9-15(14)12-19-16(20)18-11-13-6-2-1-3-7-13/h1-3,6-7,14-15H,4-5,8-12,17H2,(H2,18,19,20). The van der Waals surface area contributed by atoms with Gasteiger partial charge in [0.05, 0.1) is 0 Å². The Bertz CT molecular complexity index is 407. The second-order valence-corrected chi connectivity index (χ2v) is 5.59. The van der Waals surface area contributed by atoms with Crippen molar-refractivity contribution in [1.82, 2.24) is 10.6 Å². The lowest BCUT2D eigenvalue weighted by atomic mass is 9.79. The SMILES string of the molecule is NCC1CCCCC1CNC(=O)NCc1ccccc1. The molecule has 1 aromatic carbocycles. The van der Waals surface area contributed by atoms with Gasteiger partial charge in [-0.1, -0.05) is 43.2 Å². The van der Waals surface area contributed by atoms with Crippen molar-refractivity contribution >= 4 is 6.03 Å². The fourth-order valence-corrected chi connectivity index (χ4v) is 2.93. The highest BCUT2D eigenvalue weighted by Gasteiger charge is 2.23. The van der Waals surface area contributed by atoms with Gasteiger partial charge < -0.3 is 16.4 Å². The average Bonchev–Trinajstić information content (AvgIpc) is 2.52. The van der Waals surface area contributed by atoms with Gasteiger partial charge in [-0.25, -0.2) is 4.79 Å². The predicted octanol–water partition coefficient (Wildman–Crippen LogP) is 2.25. The zero-order chi connectivity index (χ0) is 14.2. The van der Waals surface area contributed by atoms with E-state index in [4.69, 9.17) is 5.73 Å².